The fourth-order valence-electron chi connectivity index (χ4n) is 2.26. The van der Waals surface area contributed by atoms with E-state index < -0.39 is 0 Å². The highest BCUT2D eigenvalue weighted by atomic mass is 16.6. The van der Waals surface area contributed by atoms with E-state index >= 15 is 0 Å². The summed E-state index contributed by atoms with van der Waals surface area (Å²) in [5.41, 5.74) is 8.19. The van der Waals surface area contributed by atoms with Crippen LogP contribution < -0.4 is 10.4 Å². The third-order valence-corrected chi connectivity index (χ3v) is 3.55. The highest BCUT2D eigenvalue weighted by molar-refractivity contribution is 5.86. The maximum atomic E-state index is 5.00. The van der Waals surface area contributed by atoms with Crippen LogP contribution in [0.15, 0.2) is 55.1 Å². The summed E-state index contributed by atoms with van der Waals surface area (Å²) in [5, 5.41) is 0. The third-order valence-electron chi connectivity index (χ3n) is 3.55. The Hall–Kier alpha value is -2.26. The van der Waals surface area contributed by atoms with E-state index in [1.807, 2.05) is 24.3 Å². The summed E-state index contributed by atoms with van der Waals surface area (Å²) in [7, 11) is 3.69. The van der Waals surface area contributed by atoms with Gasteiger partial charge in [-0.15, -0.1) is 0 Å². The van der Waals surface area contributed by atoms with Crippen LogP contribution in [0.3, 0.4) is 0 Å². The first-order valence-corrected chi connectivity index (χ1v) is 7.06. The van der Waals surface area contributed by atoms with E-state index in [4.69, 9.17) is 4.84 Å². The monoisotopic (exact) mass is 282 g/mol. The summed E-state index contributed by atoms with van der Waals surface area (Å²) >= 11 is 0. The van der Waals surface area contributed by atoms with Crippen LogP contribution >= 0.6 is 0 Å². The van der Waals surface area contributed by atoms with Crippen molar-refractivity contribution >= 4 is 16.9 Å². The lowest BCUT2D eigenvalue weighted by atomic mass is 9.97. The van der Waals surface area contributed by atoms with Crippen molar-refractivity contribution in [3.8, 4) is 0 Å². The molecule has 0 spiro atoms. The van der Waals surface area contributed by atoms with Crippen molar-refractivity contribution in [1.29, 1.82) is 0 Å². The molecule has 0 saturated carbocycles. The van der Waals surface area contributed by atoms with E-state index in [0.717, 1.165) is 34.6 Å². The van der Waals surface area contributed by atoms with Gasteiger partial charge >= 0.3 is 0 Å². The molecule has 0 saturated heterocycles. The number of rotatable bonds is 6. The van der Waals surface area contributed by atoms with Crippen molar-refractivity contribution in [3.63, 3.8) is 0 Å². The molecule has 0 radical (unpaired) electrons. The van der Waals surface area contributed by atoms with Crippen molar-refractivity contribution in [2.75, 3.05) is 31.1 Å². The Morgan fingerprint density at radius 2 is 1.90 bits per heavy atom. The zero-order valence-electron chi connectivity index (χ0n) is 12.9. The van der Waals surface area contributed by atoms with Crippen LogP contribution in [0.4, 0.5) is 11.4 Å². The quantitative estimate of drug-likeness (QED) is 0.804. The van der Waals surface area contributed by atoms with E-state index in [1.165, 1.54) is 0 Å². The van der Waals surface area contributed by atoms with Gasteiger partial charge in [0.05, 0.1) is 12.8 Å². The van der Waals surface area contributed by atoms with Crippen LogP contribution in [-0.2, 0) is 4.84 Å². The maximum Gasteiger partial charge on any atom is 0.0636 e. The summed E-state index contributed by atoms with van der Waals surface area (Å²) < 4.78 is 0. The van der Waals surface area contributed by atoms with Crippen LogP contribution in [0.2, 0.25) is 0 Å². The van der Waals surface area contributed by atoms with Gasteiger partial charge in [-0.1, -0.05) is 36.9 Å². The molecule has 2 rings (SSSR count). The second-order valence-corrected chi connectivity index (χ2v) is 4.90. The van der Waals surface area contributed by atoms with Gasteiger partial charge in [-0.05, 0) is 36.3 Å². The Kier molecular flexibility index (Phi) is 5.01. The van der Waals surface area contributed by atoms with Crippen molar-refractivity contribution in [1.82, 2.24) is 0 Å². The fraction of sp³-hybridized carbons (Fsp3) is 0.222. The van der Waals surface area contributed by atoms with Gasteiger partial charge in [-0.3, -0.25) is 10.3 Å². The van der Waals surface area contributed by atoms with E-state index in [2.05, 4.69) is 55.2 Å². The molecule has 0 aliphatic carbocycles. The standard InChI is InChI=1S/C18H22N2O/c1-5-20(3)18-12-11-16(19-21-4)13-17(18)14(2)15-9-7-6-8-10-15/h6-13,19H,2,5H2,1,3-4H3. The van der Waals surface area contributed by atoms with Gasteiger partial charge in [-0.2, -0.15) is 0 Å². The summed E-state index contributed by atoms with van der Waals surface area (Å²) in [6.45, 7) is 7.35. The summed E-state index contributed by atoms with van der Waals surface area (Å²) in [4.78, 5) is 7.21. The molecule has 0 atom stereocenters. The van der Waals surface area contributed by atoms with E-state index in [1.54, 1.807) is 7.11 Å². The number of hydrogen-bond acceptors (Lipinski definition) is 3. The first kappa shape index (κ1) is 15.1. The van der Waals surface area contributed by atoms with Crippen molar-refractivity contribution < 1.29 is 4.84 Å². The van der Waals surface area contributed by atoms with Crippen molar-refractivity contribution in [3.05, 3.63) is 66.2 Å². The van der Waals surface area contributed by atoms with Crippen molar-refractivity contribution in [2.24, 2.45) is 0 Å². The Bertz CT molecular complexity index is 608. The fourth-order valence-corrected chi connectivity index (χ4v) is 2.26. The Labute approximate surface area is 126 Å². The molecule has 0 aliphatic heterocycles. The topological polar surface area (TPSA) is 24.5 Å². The first-order valence-electron chi connectivity index (χ1n) is 7.06. The molecular weight excluding hydrogens is 260 g/mol. The van der Waals surface area contributed by atoms with E-state index in [-0.39, 0.29) is 0 Å². The van der Waals surface area contributed by atoms with Crippen LogP contribution in [0.25, 0.3) is 5.57 Å². The van der Waals surface area contributed by atoms with Gasteiger partial charge in [-0.25, -0.2) is 0 Å². The maximum absolute atomic E-state index is 5.00. The summed E-state index contributed by atoms with van der Waals surface area (Å²) in [6.07, 6.45) is 0. The smallest absolute Gasteiger partial charge is 0.0636 e. The zero-order valence-corrected chi connectivity index (χ0v) is 12.9. The Morgan fingerprint density at radius 1 is 1.19 bits per heavy atom. The number of hydrogen-bond donors (Lipinski definition) is 1. The zero-order chi connectivity index (χ0) is 15.2. The van der Waals surface area contributed by atoms with Crippen LogP contribution in [0, 0.1) is 0 Å². The second-order valence-electron chi connectivity index (χ2n) is 4.90. The van der Waals surface area contributed by atoms with Crippen LogP contribution in [-0.4, -0.2) is 20.7 Å². The SMILES string of the molecule is C=C(c1ccccc1)c1cc(NOC)ccc1N(C)CC. The molecule has 110 valence electrons. The summed E-state index contributed by atoms with van der Waals surface area (Å²) in [6, 6.07) is 16.4. The molecule has 0 aromatic heterocycles. The van der Waals surface area contributed by atoms with Gasteiger partial charge in [0, 0.05) is 24.8 Å². The van der Waals surface area contributed by atoms with Gasteiger partial charge in [0.25, 0.3) is 0 Å². The van der Waals surface area contributed by atoms with E-state index in [0.29, 0.717) is 0 Å². The van der Waals surface area contributed by atoms with Gasteiger partial charge in [0.2, 0.25) is 0 Å². The van der Waals surface area contributed by atoms with Crippen molar-refractivity contribution in [2.45, 2.75) is 6.92 Å². The average molecular weight is 282 g/mol. The average Bonchev–Trinajstić information content (AvgIpc) is 2.54. The van der Waals surface area contributed by atoms with E-state index in [9.17, 15) is 0 Å². The molecule has 0 bridgehead atoms. The lowest BCUT2D eigenvalue weighted by molar-refractivity contribution is 0.271. The molecule has 0 amide bonds. The first-order chi connectivity index (χ1) is 10.2. The molecule has 3 heteroatoms. The minimum atomic E-state index is 0.915. The lowest BCUT2D eigenvalue weighted by Gasteiger charge is -2.23. The van der Waals surface area contributed by atoms with Crippen LogP contribution in [0.5, 0.6) is 0 Å². The van der Waals surface area contributed by atoms with Gasteiger partial charge in [0.1, 0.15) is 0 Å². The number of nitrogens with one attached hydrogen (secondary N) is 1. The highest BCUT2D eigenvalue weighted by Crippen LogP contribution is 2.32. The Morgan fingerprint density at radius 3 is 2.52 bits per heavy atom. The van der Waals surface area contributed by atoms with Crippen LogP contribution in [0.1, 0.15) is 18.1 Å². The molecule has 2 aromatic rings. The predicted octanol–water partition coefficient (Wildman–Crippen LogP) is 4.18. The molecule has 3 nitrogen and oxygen atoms in total. The number of benzene rings is 2. The minimum Gasteiger partial charge on any atom is -0.374 e. The Balaban J connectivity index is 2.47. The molecule has 2 aromatic carbocycles. The number of nitrogens with zero attached hydrogens (tertiary/aromatic N) is 1. The molecule has 0 unspecified atom stereocenters. The minimum absolute atomic E-state index is 0.915. The third kappa shape index (κ3) is 3.44. The molecular formula is C18H22N2O. The number of anilines is 2. The lowest BCUT2D eigenvalue weighted by Crippen LogP contribution is -2.17. The van der Waals surface area contributed by atoms with Gasteiger partial charge < -0.3 is 4.90 Å². The summed E-state index contributed by atoms with van der Waals surface area (Å²) in [5.74, 6) is 0. The van der Waals surface area contributed by atoms with Gasteiger partial charge in [0.15, 0.2) is 0 Å². The molecule has 0 aliphatic rings. The second kappa shape index (κ2) is 6.95. The molecule has 21 heavy (non-hydrogen) atoms. The largest absolute Gasteiger partial charge is 0.374 e. The normalized spacial score (nSPS) is 10.2. The molecule has 0 heterocycles. The molecule has 0 fully saturated rings. The molecule has 1 N–H and O–H groups in total. The predicted molar refractivity (Wildman–Crippen MR) is 90.6 cm³/mol. The highest BCUT2D eigenvalue weighted by Gasteiger charge is 2.12.